The van der Waals surface area contributed by atoms with Crippen molar-refractivity contribution in [2.24, 2.45) is 10.4 Å². The fourth-order valence-electron chi connectivity index (χ4n) is 2.31. The van der Waals surface area contributed by atoms with Crippen molar-refractivity contribution in [3.63, 3.8) is 0 Å². The van der Waals surface area contributed by atoms with E-state index in [1.807, 2.05) is 18.2 Å². The molecule has 0 amide bonds. The summed E-state index contributed by atoms with van der Waals surface area (Å²) in [4.78, 5) is 16.5. The van der Waals surface area contributed by atoms with Gasteiger partial charge in [0.05, 0.1) is 5.56 Å². The van der Waals surface area contributed by atoms with Crippen LogP contribution in [0.4, 0.5) is 5.69 Å². The van der Waals surface area contributed by atoms with Crippen LogP contribution in [0.5, 0.6) is 0 Å². The Hall–Kier alpha value is -3.10. The second-order valence-corrected chi connectivity index (χ2v) is 6.42. The molecule has 0 aliphatic carbocycles. The summed E-state index contributed by atoms with van der Waals surface area (Å²) in [6.07, 6.45) is 0. The highest BCUT2D eigenvalue weighted by atomic mass is 32.2. The van der Waals surface area contributed by atoms with Crippen LogP contribution in [0.3, 0.4) is 0 Å². The van der Waals surface area contributed by atoms with Gasteiger partial charge in [-0.2, -0.15) is 8.42 Å². The van der Waals surface area contributed by atoms with Crippen LogP contribution in [0.25, 0.3) is 10.8 Å². The number of benzene rings is 3. The molecule has 0 atom stereocenters. The van der Waals surface area contributed by atoms with Gasteiger partial charge in [-0.05, 0) is 29.0 Å². The van der Waals surface area contributed by atoms with Crippen LogP contribution in [-0.4, -0.2) is 18.9 Å². The Morgan fingerprint density at radius 3 is 2.40 bits per heavy atom. The van der Waals surface area contributed by atoms with Crippen molar-refractivity contribution in [2.75, 3.05) is 0 Å². The summed E-state index contributed by atoms with van der Waals surface area (Å²) in [5, 5.41) is 8.42. The maximum absolute atomic E-state index is 12.2. The molecule has 3 aromatic rings. The average molecular weight is 356 g/mol. The fraction of sp³-hybridized carbons (Fsp3) is 0. The van der Waals surface area contributed by atoms with Crippen LogP contribution < -0.4 is 0 Å². The van der Waals surface area contributed by atoms with Crippen LogP contribution in [0.15, 0.2) is 82.0 Å². The van der Waals surface area contributed by atoms with E-state index in [1.165, 1.54) is 18.2 Å². The zero-order valence-electron chi connectivity index (χ0n) is 12.7. The van der Waals surface area contributed by atoms with Gasteiger partial charge in [0.1, 0.15) is 10.6 Å². The van der Waals surface area contributed by atoms with Crippen molar-refractivity contribution in [1.82, 2.24) is 0 Å². The van der Waals surface area contributed by atoms with E-state index < -0.39 is 21.0 Å². The van der Waals surface area contributed by atoms with Crippen LogP contribution in [0, 0.1) is 0 Å². The van der Waals surface area contributed by atoms with Crippen LogP contribution in [0.1, 0.15) is 10.4 Å². The normalized spacial score (nSPS) is 11.7. The van der Waals surface area contributed by atoms with Gasteiger partial charge in [0.25, 0.3) is 10.1 Å². The second-order valence-electron chi connectivity index (χ2n) is 5.03. The third kappa shape index (κ3) is 3.70. The van der Waals surface area contributed by atoms with Gasteiger partial charge in [0, 0.05) is 5.28 Å². The fourth-order valence-corrected chi connectivity index (χ4v) is 2.94. The average Bonchev–Trinajstić information content (AvgIpc) is 2.60. The van der Waals surface area contributed by atoms with Gasteiger partial charge in [0.15, 0.2) is 0 Å². The minimum Gasteiger partial charge on any atom is -0.294 e. The van der Waals surface area contributed by atoms with E-state index in [9.17, 15) is 13.2 Å². The number of rotatable bonds is 4. The molecule has 25 heavy (non-hydrogen) atoms. The van der Waals surface area contributed by atoms with Crippen molar-refractivity contribution < 1.29 is 22.6 Å². The Balaban J connectivity index is 1.85. The summed E-state index contributed by atoms with van der Waals surface area (Å²) in [6, 6.07) is 17.8. The zero-order chi connectivity index (χ0) is 17.9. The second kappa shape index (κ2) is 6.80. The van der Waals surface area contributed by atoms with Crippen molar-refractivity contribution in [3.8, 4) is 0 Å². The SMILES string of the molecule is O=C(ON=Nc1ccccc1S(=O)(=O)O)c1cccc2ccccc12. The number of carbonyl (C=O) groups excluding carboxylic acids is 1. The number of nitrogens with zero attached hydrogens (tertiary/aromatic N) is 2. The molecule has 0 aromatic heterocycles. The molecule has 7 nitrogen and oxygen atoms in total. The lowest BCUT2D eigenvalue weighted by molar-refractivity contribution is 0.0485. The highest BCUT2D eigenvalue weighted by Gasteiger charge is 2.15. The largest absolute Gasteiger partial charge is 0.368 e. The Labute approximate surface area is 143 Å². The molecule has 0 spiro atoms. The Kier molecular flexibility index (Phi) is 4.55. The van der Waals surface area contributed by atoms with E-state index in [-0.39, 0.29) is 5.69 Å². The summed E-state index contributed by atoms with van der Waals surface area (Å²) >= 11 is 0. The molecule has 3 aromatic carbocycles. The van der Waals surface area contributed by atoms with Gasteiger partial charge in [-0.25, -0.2) is 4.79 Å². The van der Waals surface area contributed by atoms with Crippen molar-refractivity contribution >= 4 is 32.5 Å². The number of hydrogen-bond donors (Lipinski definition) is 1. The Morgan fingerprint density at radius 1 is 0.920 bits per heavy atom. The lowest BCUT2D eigenvalue weighted by atomic mass is 10.1. The molecule has 0 heterocycles. The van der Waals surface area contributed by atoms with E-state index in [1.54, 1.807) is 24.3 Å². The molecule has 126 valence electrons. The highest BCUT2D eigenvalue weighted by molar-refractivity contribution is 7.86. The summed E-state index contributed by atoms with van der Waals surface area (Å²) in [5.41, 5.74) is 0.163. The standard InChI is InChI=1S/C17H12N2O5S/c20-17(14-9-5-7-12-6-1-2-8-13(12)14)24-19-18-15-10-3-4-11-16(15)25(21,22)23/h1-11H,(H,21,22,23). The van der Waals surface area contributed by atoms with Crippen LogP contribution >= 0.6 is 0 Å². The molecule has 0 aliphatic rings. The topological polar surface area (TPSA) is 105 Å². The first-order chi connectivity index (χ1) is 12.0. The molecular weight excluding hydrogens is 344 g/mol. The van der Waals surface area contributed by atoms with Crippen molar-refractivity contribution in [2.45, 2.75) is 4.90 Å². The molecule has 0 saturated heterocycles. The van der Waals surface area contributed by atoms with E-state index in [0.717, 1.165) is 11.5 Å². The Bertz CT molecular complexity index is 1070. The predicted molar refractivity (Wildman–Crippen MR) is 90.1 cm³/mol. The van der Waals surface area contributed by atoms with Crippen LogP contribution in [-0.2, 0) is 15.0 Å². The lowest BCUT2D eigenvalue weighted by Crippen LogP contribution is -2.01. The van der Waals surface area contributed by atoms with E-state index in [4.69, 9.17) is 9.39 Å². The maximum Gasteiger partial charge on any atom is 0.368 e. The van der Waals surface area contributed by atoms with Crippen molar-refractivity contribution in [1.29, 1.82) is 0 Å². The van der Waals surface area contributed by atoms with Gasteiger partial charge >= 0.3 is 5.97 Å². The zero-order valence-corrected chi connectivity index (χ0v) is 13.6. The molecular formula is C17H12N2O5S. The molecule has 0 bridgehead atoms. The molecule has 8 heteroatoms. The van der Waals surface area contributed by atoms with Crippen LogP contribution in [0.2, 0.25) is 0 Å². The van der Waals surface area contributed by atoms with Gasteiger partial charge in [-0.1, -0.05) is 48.5 Å². The molecule has 3 rings (SSSR count). The number of hydrogen-bond acceptors (Lipinski definition) is 6. The summed E-state index contributed by atoms with van der Waals surface area (Å²) in [7, 11) is -4.46. The number of fused-ring (bicyclic) bond motifs is 1. The molecule has 0 unspecified atom stereocenters. The highest BCUT2D eigenvalue weighted by Crippen LogP contribution is 2.24. The molecule has 0 saturated carbocycles. The number of carbonyl (C=O) groups is 1. The first-order valence-corrected chi connectivity index (χ1v) is 8.57. The first kappa shape index (κ1) is 16.7. The molecule has 0 fully saturated rings. The van der Waals surface area contributed by atoms with Gasteiger partial charge in [-0.15, -0.1) is 5.11 Å². The third-order valence-electron chi connectivity index (χ3n) is 3.43. The van der Waals surface area contributed by atoms with Gasteiger partial charge in [-0.3, -0.25) is 9.39 Å². The van der Waals surface area contributed by atoms with E-state index in [0.29, 0.717) is 10.9 Å². The smallest absolute Gasteiger partial charge is 0.294 e. The first-order valence-electron chi connectivity index (χ1n) is 7.13. The van der Waals surface area contributed by atoms with E-state index >= 15 is 0 Å². The quantitative estimate of drug-likeness (QED) is 0.433. The lowest BCUT2D eigenvalue weighted by Gasteiger charge is -2.03. The molecule has 0 aliphatic heterocycles. The minimum absolute atomic E-state index is 0.143. The summed E-state index contributed by atoms with van der Waals surface area (Å²) < 4.78 is 31.7. The molecule has 0 radical (unpaired) electrons. The third-order valence-corrected chi connectivity index (χ3v) is 4.33. The minimum atomic E-state index is -4.46. The van der Waals surface area contributed by atoms with E-state index in [2.05, 4.69) is 10.4 Å². The summed E-state index contributed by atoms with van der Waals surface area (Å²) in [6.45, 7) is 0. The predicted octanol–water partition coefficient (Wildman–Crippen LogP) is 3.94. The van der Waals surface area contributed by atoms with Gasteiger partial charge in [0.2, 0.25) is 0 Å². The summed E-state index contributed by atoms with van der Waals surface area (Å²) in [5.74, 6) is -0.732. The Morgan fingerprint density at radius 2 is 1.60 bits per heavy atom. The molecule has 1 N–H and O–H groups in total. The monoisotopic (exact) mass is 356 g/mol. The van der Waals surface area contributed by atoms with Gasteiger partial charge < -0.3 is 0 Å². The van der Waals surface area contributed by atoms with Crippen molar-refractivity contribution in [3.05, 3.63) is 72.3 Å². The maximum atomic E-state index is 12.2.